The molecule has 0 heterocycles. The number of halogens is 1. The summed E-state index contributed by atoms with van der Waals surface area (Å²) in [6.45, 7) is 5.63. The summed E-state index contributed by atoms with van der Waals surface area (Å²) in [5.74, 6) is -0.481. The van der Waals surface area contributed by atoms with E-state index in [4.69, 9.17) is 4.84 Å². The molecular formula is C17H16BrNO3. The van der Waals surface area contributed by atoms with Crippen molar-refractivity contribution in [3.8, 4) is 0 Å². The predicted molar refractivity (Wildman–Crippen MR) is 88.7 cm³/mol. The summed E-state index contributed by atoms with van der Waals surface area (Å²) in [7, 11) is 0. The second-order valence-electron chi connectivity index (χ2n) is 5.31. The normalized spacial score (nSPS) is 16.6. The van der Waals surface area contributed by atoms with E-state index in [0.717, 1.165) is 4.47 Å². The lowest BCUT2D eigenvalue weighted by Crippen LogP contribution is -2.16. The van der Waals surface area contributed by atoms with Crippen LogP contribution in [0.2, 0.25) is 0 Å². The Hall–Kier alpha value is -2.01. The third-order valence-corrected chi connectivity index (χ3v) is 3.73. The molecule has 0 saturated heterocycles. The Morgan fingerprint density at radius 2 is 2.00 bits per heavy atom. The molecule has 0 aromatic heterocycles. The van der Waals surface area contributed by atoms with Crippen molar-refractivity contribution in [2.75, 3.05) is 0 Å². The van der Waals surface area contributed by atoms with Crippen molar-refractivity contribution in [2.45, 2.75) is 20.8 Å². The number of ketones is 1. The van der Waals surface area contributed by atoms with Crippen LogP contribution in [0.25, 0.3) is 0 Å². The highest BCUT2D eigenvalue weighted by Gasteiger charge is 2.19. The van der Waals surface area contributed by atoms with E-state index in [9.17, 15) is 9.59 Å². The topological polar surface area (TPSA) is 55.7 Å². The van der Waals surface area contributed by atoms with Crippen LogP contribution in [-0.2, 0) is 9.63 Å². The maximum absolute atomic E-state index is 12.0. The summed E-state index contributed by atoms with van der Waals surface area (Å²) >= 11 is 3.30. The zero-order chi connectivity index (χ0) is 16.3. The van der Waals surface area contributed by atoms with Gasteiger partial charge in [0.1, 0.15) is 5.71 Å². The standard InChI is InChI=1S/C17H16BrNO3/c1-10(2)14-9-15(11(3)7-16(14)20)19-22-17(21)12-5-4-6-13(18)8-12/h4-10H,1-3H3/b19-15-. The Kier molecular flexibility index (Phi) is 5.08. The number of oxime groups is 1. The summed E-state index contributed by atoms with van der Waals surface area (Å²) < 4.78 is 0.788. The van der Waals surface area contributed by atoms with Crippen LogP contribution in [0.15, 0.2) is 57.2 Å². The van der Waals surface area contributed by atoms with Gasteiger partial charge in [-0.25, -0.2) is 4.79 Å². The average molecular weight is 362 g/mol. The summed E-state index contributed by atoms with van der Waals surface area (Å²) in [4.78, 5) is 28.8. The number of allylic oxidation sites excluding steroid dienone is 4. The molecule has 0 aliphatic heterocycles. The van der Waals surface area contributed by atoms with Gasteiger partial charge in [0, 0.05) is 10.0 Å². The molecule has 0 saturated carbocycles. The predicted octanol–water partition coefficient (Wildman–Crippen LogP) is 4.07. The van der Waals surface area contributed by atoms with Gasteiger partial charge in [0.25, 0.3) is 0 Å². The fourth-order valence-corrected chi connectivity index (χ4v) is 2.39. The molecule has 0 radical (unpaired) electrons. The Balaban J connectivity index is 2.20. The van der Waals surface area contributed by atoms with Gasteiger partial charge in [-0.1, -0.05) is 41.0 Å². The fraction of sp³-hybridized carbons (Fsp3) is 0.235. The zero-order valence-corrected chi connectivity index (χ0v) is 14.2. The largest absolute Gasteiger partial charge is 0.365 e. The number of carbonyl (C=O) groups excluding carboxylic acids is 2. The van der Waals surface area contributed by atoms with Crippen molar-refractivity contribution in [3.63, 3.8) is 0 Å². The van der Waals surface area contributed by atoms with Crippen LogP contribution in [0.1, 0.15) is 31.1 Å². The molecule has 0 amide bonds. The number of hydrogen-bond acceptors (Lipinski definition) is 4. The van der Waals surface area contributed by atoms with Crippen molar-refractivity contribution in [3.05, 3.63) is 57.6 Å². The van der Waals surface area contributed by atoms with E-state index in [-0.39, 0.29) is 11.7 Å². The Morgan fingerprint density at radius 1 is 1.27 bits per heavy atom. The van der Waals surface area contributed by atoms with Crippen LogP contribution in [0.3, 0.4) is 0 Å². The molecule has 114 valence electrons. The maximum atomic E-state index is 12.0. The quantitative estimate of drug-likeness (QED) is 0.463. The third-order valence-electron chi connectivity index (χ3n) is 3.24. The lowest BCUT2D eigenvalue weighted by molar-refractivity contribution is -0.111. The molecule has 1 aliphatic carbocycles. The molecule has 1 aliphatic rings. The monoisotopic (exact) mass is 361 g/mol. The van der Waals surface area contributed by atoms with Crippen LogP contribution in [0.4, 0.5) is 0 Å². The van der Waals surface area contributed by atoms with E-state index < -0.39 is 5.97 Å². The molecule has 0 atom stereocenters. The molecule has 2 rings (SSSR count). The van der Waals surface area contributed by atoms with Gasteiger partial charge in [-0.05, 0) is 48.8 Å². The Labute approximate surface area is 137 Å². The van der Waals surface area contributed by atoms with Crippen molar-refractivity contribution in [1.29, 1.82) is 0 Å². The minimum atomic E-state index is -0.544. The van der Waals surface area contributed by atoms with Crippen LogP contribution >= 0.6 is 15.9 Å². The van der Waals surface area contributed by atoms with E-state index in [1.807, 2.05) is 19.9 Å². The van der Waals surface area contributed by atoms with Crippen LogP contribution in [0, 0.1) is 5.92 Å². The highest BCUT2D eigenvalue weighted by molar-refractivity contribution is 9.10. The number of rotatable bonds is 3. The van der Waals surface area contributed by atoms with Gasteiger partial charge in [0.05, 0.1) is 5.56 Å². The molecular weight excluding hydrogens is 346 g/mol. The summed E-state index contributed by atoms with van der Waals surface area (Å²) in [5.41, 5.74) is 2.23. The third kappa shape index (κ3) is 3.80. The van der Waals surface area contributed by atoms with E-state index in [1.165, 1.54) is 6.08 Å². The molecule has 0 unspecified atom stereocenters. The molecule has 0 bridgehead atoms. The Bertz CT molecular complexity index is 714. The van der Waals surface area contributed by atoms with Crippen LogP contribution in [-0.4, -0.2) is 17.5 Å². The van der Waals surface area contributed by atoms with E-state index in [2.05, 4.69) is 21.1 Å². The molecule has 4 nitrogen and oxygen atoms in total. The summed E-state index contributed by atoms with van der Waals surface area (Å²) in [6, 6.07) is 6.87. The minimum absolute atomic E-state index is 0.0234. The second-order valence-corrected chi connectivity index (χ2v) is 6.23. The molecule has 5 heteroatoms. The number of nitrogens with zero attached hydrogens (tertiary/aromatic N) is 1. The summed E-state index contributed by atoms with van der Waals surface area (Å²) in [6.07, 6.45) is 3.19. The maximum Gasteiger partial charge on any atom is 0.365 e. The number of carbonyl (C=O) groups is 2. The number of hydrogen-bond donors (Lipinski definition) is 0. The fourth-order valence-electron chi connectivity index (χ4n) is 1.99. The van der Waals surface area contributed by atoms with Gasteiger partial charge in [-0.2, -0.15) is 0 Å². The lowest BCUT2D eigenvalue weighted by atomic mass is 9.90. The highest BCUT2D eigenvalue weighted by Crippen LogP contribution is 2.19. The first kappa shape index (κ1) is 16.4. The van der Waals surface area contributed by atoms with Gasteiger partial charge in [0.2, 0.25) is 0 Å². The van der Waals surface area contributed by atoms with Crippen LogP contribution < -0.4 is 0 Å². The van der Waals surface area contributed by atoms with E-state index in [0.29, 0.717) is 22.4 Å². The zero-order valence-electron chi connectivity index (χ0n) is 12.6. The first-order valence-corrected chi connectivity index (χ1v) is 7.67. The second kappa shape index (κ2) is 6.83. The SMILES string of the molecule is CC1=CC(=O)C(C(C)C)=C/C1=N/OC(=O)c1cccc(Br)c1. The number of benzene rings is 1. The molecule has 0 spiro atoms. The van der Waals surface area contributed by atoms with E-state index in [1.54, 1.807) is 31.2 Å². The average Bonchev–Trinajstić information content (AvgIpc) is 2.45. The van der Waals surface area contributed by atoms with Crippen molar-refractivity contribution in [2.24, 2.45) is 11.1 Å². The molecule has 22 heavy (non-hydrogen) atoms. The first-order valence-electron chi connectivity index (χ1n) is 6.88. The van der Waals surface area contributed by atoms with Crippen LogP contribution in [0.5, 0.6) is 0 Å². The van der Waals surface area contributed by atoms with Gasteiger partial charge in [0.15, 0.2) is 5.78 Å². The molecule has 1 aromatic rings. The van der Waals surface area contributed by atoms with Gasteiger partial charge >= 0.3 is 5.97 Å². The van der Waals surface area contributed by atoms with Gasteiger partial charge < -0.3 is 4.84 Å². The first-order chi connectivity index (χ1) is 10.4. The van der Waals surface area contributed by atoms with Crippen molar-refractivity contribution >= 4 is 33.4 Å². The molecule has 0 fully saturated rings. The van der Waals surface area contributed by atoms with E-state index >= 15 is 0 Å². The minimum Gasteiger partial charge on any atom is -0.312 e. The molecule has 1 aromatic carbocycles. The molecule has 0 N–H and O–H groups in total. The smallest absolute Gasteiger partial charge is 0.312 e. The highest BCUT2D eigenvalue weighted by atomic mass is 79.9. The van der Waals surface area contributed by atoms with Gasteiger partial charge in [-0.3, -0.25) is 4.79 Å². The van der Waals surface area contributed by atoms with Crippen molar-refractivity contribution in [1.82, 2.24) is 0 Å². The van der Waals surface area contributed by atoms with Gasteiger partial charge in [-0.15, -0.1) is 0 Å². The lowest BCUT2D eigenvalue weighted by Gasteiger charge is -2.14. The van der Waals surface area contributed by atoms with Crippen molar-refractivity contribution < 1.29 is 14.4 Å². The summed E-state index contributed by atoms with van der Waals surface area (Å²) in [5, 5.41) is 3.89. The Morgan fingerprint density at radius 3 is 2.64 bits per heavy atom.